The zero-order valence-corrected chi connectivity index (χ0v) is 15.1. The monoisotopic (exact) mass is 391 g/mol. The van der Waals surface area contributed by atoms with Gasteiger partial charge in [0.05, 0.1) is 17.2 Å². The van der Waals surface area contributed by atoms with Crippen LogP contribution in [0.5, 0.6) is 0 Å². The molecular weight excluding hydrogens is 377 g/mol. The van der Waals surface area contributed by atoms with Crippen molar-refractivity contribution in [2.24, 2.45) is 0 Å². The maximum atomic E-state index is 12.7. The van der Waals surface area contributed by atoms with E-state index >= 15 is 0 Å². The third-order valence-corrected chi connectivity index (χ3v) is 4.48. The number of nitrogens with zero attached hydrogens (tertiary/aromatic N) is 2. The summed E-state index contributed by atoms with van der Waals surface area (Å²) in [6.07, 6.45) is 2.03. The second-order valence-electron chi connectivity index (χ2n) is 5.67. The molecule has 8 heteroatoms. The lowest BCUT2D eigenvalue weighted by Gasteiger charge is -2.09. The summed E-state index contributed by atoms with van der Waals surface area (Å²) < 4.78 is 1.49. The van der Waals surface area contributed by atoms with Crippen LogP contribution in [0.1, 0.15) is 5.56 Å². The minimum atomic E-state index is -0.628. The number of rotatable bonds is 5. The molecule has 134 valence electrons. The van der Waals surface area contributed by atoms with Crippen molar-refractivity contribution in [1.29, 1.82) is 0 Å². The molecule has 0 fully saturated rings. The Morgan fingerprint density at radius 1 is 1.19 bits per heavy atom. The van der Waals surface area contributed by atoms with Crippen LogP contribution in [-0.4, -0.2) is 27.2 Å². The van der Waals surface area contributed by atoms with Crippen LogP contribution in [0.2, 0.25) is 10.0 Å². The molecule has 3 rings (SSSR count). The van der Waals surface area contributed by atoms with Crippen molar-refractivity contribution >= 4 is 45.7 Å². The van der Waals surface area contributed by atoms with Gasteiger partial charge in [-0.15, -0.1) is 0 Å². The van der Waals surface area contributed by atoms with E-state index in [0.29, 0.717) is 39.6 Å². The van der Waals surface area contributed by atoms with E-state index in [4.69, 9.17) is 28.3 Å². The SMILES string of the molecule is O=C(CO)Nc1ccc2ncn(CCc3ccc(Cl)cc3Cl)c(=O)c2c1. The number of hydrogen-bond donors (Lipinski definition) is 2. The standard InChI is InChI=1S/C18H15Cl2N3O3/c19-12-2-1-11(15(20)7-12)5-6-23-10-21-16-4-3-13(22-17(25)9-24)8-14(16)18(23)26/h1-4,7-8,10,24H,5-6,9H2,(H,22,25). The first kappa shape index (κ1) is 18.4. The number of anilines is 1. The quantitative estimate of drug-likeness (QED) is 0.700. The highest BCUT2D eigenvalue weighted by molar-refractivity contribution is 6.35. The highest BCUT2D eigenvalue weighted by atomic mass is 35.5. The van der Waals surface area contributed by atoms with E-state index in [1.54, 1.807) is 30.3 Å². The van der Waals surface area contributed by atoms with Gasteiger partial charge in [-0.2, -0.15) is 0 Å². The van der Waals surface area contributed by atoms with Crippen LogP contribution < -0.4 is 10.9 Å². The van der Waals surface area contributed by atoms with Crippen LogP contribution in [0.4, 0.5) is 5.69 Å². The molecule has 0 atom stereocenters. The number of aryl methyl sites for hydroxylation is 2. The van der Waals surface area contributed by atoms with Crippen LogP contribution >= 0.6 is 23.2 Å². The van der Waals surface area contributed by atoms with Gasteiger partial charge in [-0.25, -0.2) is 4.98 Å². The van der Waals surface area contributed by atoms with Crippen molar-refractivity contribution < 1.29 is 9.90 Å². The van der Waals surface area contributed by atoms with Gasteiger partial charge in [0.2, 0.25) is 5.91 Å². The van der Waals surface area contributed by atoms with Gasteiger partial charge in [0.25, 0.3) is 5.56 Å². The zero-order chi connectivity index (χ0) is 18.7. The summed E-state index contributed by atoms with van der Waals surface area (Å²) >= 11 is 12.1. The maximum Gasteiger partial charge on any atom is 0.261 e. The first-order valence-electron chi connectivity index (χ1n) is 7.82. The van der Waals surface area contributed by atoms with E-state index in [0.717, 1.165) is 5.56 Å². The molecule has 0 aliphatic heterocycles. The smallest absolute Gasteiger partial charge is 0.261 e. The van der Waals surface area contributed by atoms with Gasteiger partial charge >= 0.3 is 0 Å². The summed E-state index contributed by atoms with van der Waals surface area (Å²) in [4.78, 5) is 28.3. The second kappa shape index (κ2) is 7.86. The third kappa shape index (κ3) is 4.04. The fourth-order valence-corrected chi connectivity index (χ4v) is 3.06. The molecule has 3 aromatic rings. The maximum absolute atomic E-state index is 12.7. The number of halogens is 2. The van der Waals surface area contributed by atoms with E-state index in [2.05, 4.69) is 10.3 Å². The number of aliphatic hydroxyl groups is 1. The number of fused-ring (bicyclic) bond motifs is 1. The minimum absolute atomic E-state index is 0.222. The van der Waals surface area contributed by atoms with E-state index in [-0.39, 0.29) is 5.56 Å². The molecule has 0 radical (unpaired) electrons. The highest BCUT2D eigenvalue weighted by Crippen LogP contribution is 2.21. The van der Waals surface area contributed by atoms with E-state index < -0.39 is 12.5 Å². The van der Waals surface area contributed by atoms with Crippen molar-refractivity contribution in [2.75, 3.05) is 11.9 Å². The summed E-state index contributed by atoms with van der Waals surface area (Å²) in [5, 5.41) is 12.8. The normalized spacial score (nSPS) is 10.9. The van der Waals surface area contributed by atoms with Crippen LogP contribution in [0.3, 0.4) is 0 Å². The molecule has 0 saturated heterocycles. The Morgan fingerprint density at radius 3 is 2.73 bits per heavy atom. The molecular formula is C18H15Cl2N3O3. The average molecular weight is 392 g/mol. The molecule has 0 aliphatic rings. The molecule has 2 N–H and O–H groups in total. The first-order chi connectivity index (χ1) is 12.5. The van der Waals surface area contributed by atoms with E-state index in [1.807, 2.05) is 6.07 Å². The largest absolute Gasteiger partial charge is 0.387 e. The van der Waals surface area contributed by atoms with Crippen LogP contribution in [0, 0.1) is 0 Å². The molecule has 6 nitrogen and oxygen atoms in total. The van der Waals surface area contributed by atoms with E-state index in [1.165, 1.54) is 10.9 Å². The Labute approximate surface area is 159 Å². The van der Waals surface area contributed by atoms with Gasteiger partial charge in [0, 0.05) is 22.3 Å². The number of aliphatic hydroxyl groups excluding tert-OH is 1. The van der Waals surface area contributed by atoms with Gasteiger partial charge in [-0.3, -0.25) is 14.2 Å². The summed E-state index contributed by atoms with van der Waals surface area (Å²) in [5.41, 5.74) is 1.61. The second-order valence-corrected chi connectivity index (χ2v) is 6.51. The summed E-state index contributed by atoms with van der Waals surface area (Å²) in [6.45, 7) is -0.229. The van der Waals surface area contributed by atoms with E-state index in [9.17, 15) is 9.59 Å². The fourth-order valence-electron chi connectivity index (χ4n) is 2.56. The van der Waals surface area contributed by atoms with Gasteiger partial charge < -0.3 is 10.4 Å². The van der Waals surface area contributed by atoms with Crippen LogP contribution in [0.15, 0.2) is 47.5 Å². The minimum Gasteiger partial charge on any atom is -0.387 e. The topological polar surface area (TPSA) is 84.2 Å². The van der Waals surface area contributed by atoms with Gasteiger partial charge in [-0.05, 0) is 42.3 Å². The van der Waals surface area contributed by atoms with Crippen molar-refractivity contribution in [3.8, 4) is 0 Å². The van der Waals surface area contributed by atoms with Crippen molar-refractivity contribution in [3.63, 3.8) is 0 Å². The Kier molecular flexibility index (Phi) is 5.56. The lowest BCUT2D eigenvalue weighted by atomic mass is 10.1. The molecule has 0 aliphatic carbocycles. The zero-order valence-electron chi connectivity index (χ0n) is 13.6. The van der Waals surface area contributed by atoms with Crippen molar-refractivity contribution in [2.45, 2.75) is 13.0 Å². The highest BCUT2D eigenvalue weighted by Gasteiger charge is 2.08. The summed E-state index contributed by atoms with van der Waals surface area (Å²) in [7, 11) is 0. The predicted octanol–water partition coefficient (Wildman–Crippen LogP) is 2.88. The lowest BCUT2D eigenvalue weighted by molar-refractivity contribution is -0.118. The number of benzene rings is 2. The van der Waals surface area contributed by atoms with Crippen LogP contribution in [-0.2, 0) is 17.8 Å². The van der Waals surface area contributed by atoms with Crippen LogP contribution in [0.25, 0.3) is 10.9 Å². The Hall–Kier alpha value is -2.41. The van der Waals surface area contributed by atoms with Gasteiger partial charge in [0.1, 0.15) is 6.61 Å². The predicted molar refractivity (Wildman–Crippen MR) is 102 cm³/mol. The molecule has 1 aromatic heterocycles. The average Bonchev–Trinajstić information content (AvgIpc) is 2.62. The number of amides is 1. The molecule has 26 heavy (non-hydrogen) atoms. The molecule has 0 spiro atoms. The Balaban J connectivity index is 1.87. The molecule has 0 unspecified atom stereocenters. The Bertz CT molecular complexity index is 1030. The molecule has 2 aromatic carbocycles. The van der Waals surface area contributed by atoms with Crippen molar-refractivity contribution in [1.82, 2.24) is 9.55 Å². The third-order valence-electron chi connectivity index (χ3n) is 3.89. The Morgan fingerprint density at radius 2 is 2.00 bits per heavy atom. The molecule has 1 amide bonds. The number of carbonyl (C=O) groups is 1. The lowest BCUT2D eigenvalue weighted by Crippen LogP contribution is -2.22. The number of hydrogen-bond acceptors (Lipinski definition) is 4. The van der Waals surface area contributed by atoms with Crippen molar-refractivity contribution in [3.05, 3.63) is 68.7 Å². The van der Waals surface area contributed by atoms with Gasteiger partial charge in [0.15, 0.2) is 0 Å². The molecule has 0 saturated carbocycles. The fraction of sp³-hybridized carbons (Fsp3) is 0.167. The number of nitrogens with one attached hydrogen (secondary N) is 1. The molecule has 0 bridgehead atoms. The summed E-state index contributed by atoms with van der Waals surface area (Å²) in [6, 6.07) is 10.1. The first-order valence-corrected chi connectivity index (χ1v) is 8.57. The number of aromatic nitrogens is 2. The molecule has 1 heterocycles. The number of carbonyl (C=O) groups excluding carboxylic acids is 1. The van der Waals surface area contributed by atoms with Gasteiger partial charge in [-0.1, -0.05) is 29.3 Å². The summed E-state index contributed by atoms with van der Waals surface area (Å²) in [5.74, 6) is -0.550.